The van der Waals surface area contributed by atoms with Crippen LogP contribution < -0.4 is 10.5 Å². The van der Waals surface area contributed by atoms with Gasteiger partial charge < -0.3 is 9.64 Å². The summed E-state index contributed by atoms with van der Waals surface area (Å²) in [5.41, 5.74) is 0.897. The Labute approximate surface area is 170 Å². The summed E-state index contributed by atoms with van der Waals surface area (Å²) in [5, 5.41) is 10.9. The molecular weight excluding hydrogens is 393 g/mol. The van der Waals surface area contributed by atoms with E-state index >= 15 is 0 Å². The number of anilines is 1. The van der Waals surface area contributed by atoms with E-state index in [2.05, 4.69) is 9.97 Å². The topological polar surface area (TPSA) is 103 Å². The molecule has 0 amide bonds. The maximum absolute atomic E-state index is 14.2. The maximum Gasteiger partial charge on any atom is 0.269 e. The Morgan fingerprint density at radius 3 is 2.73 bits per heavy atom. The number of pyridine rings is 1. The van der Waals surface area contributed by atoms with E-state index < -0.39 is 10.7 Å². The zero-order valence-electron chi connectivity index (χ0n) is 16.1. The molecule has 1 aliphatic heterocycles. The number of hydrogen-bond acceptors (Lipinski definition) is 7. The molecule has 0 radical (unpaired) electrons. The molecule has 0 saturated carbocycles. The molecule has 0 spiro atoms. The lowest BCUT2D eigenvalue weighted by Crippen LogP contribution is -2.41. The molecule has 1 aliphatic rings. The van der Waals surface area contributed by atoms with Gasteiger partial charge in [0.05, 0.1) is 30.0 Å². The predicted molar refractivity (Wildman–Crippen MR) is 107 cm³/mol. The van der Waals surface area contributed by atoms with Gasteiger partial charge in [-0.25, -0.2) is 9.37 Å². The molecule has 30 heavy (non-hydrogen) atoms. The highest BCUT2D eigenvalue weighted by Gasteiger charge is 2.26. The average molecular weight is 411 g/mol. The van der Waals surface area contributed by atoms with E-state index in [-0.39, 0.29) is 28.6 Å². The third kappa shape index (κ3) is 3.77. The Morgan fingerprint density at radius 2 is 2.03 bits per heavy atom. The van der Waals surface area contributed by atoms with Gasteiger partial charge in [-0.15, -0.1) is 0 Å². The number of halogens is 1. The molecule has 1 aromatic carbocycles. The van der Waals surface area contributed by atoms with Crippen LogP contribution in [0.1, 0.15) is 11.7 Å². The van der Waals surface area contributed by atoms with E-state index in [1.54, 1.807) is 19.2 Å². The SMILES string of the molecule is Cn1c(N2CCOC(c3ccc([N+](=O)[O-])cc3)C2)nc(-c2ccncc2F)cc1=O. The lowest BCUT2D eigenvalue weighted by Gasteiger charge is -2.34. The molecular formula is C20H18FN5O4. The van der Waals surface area contributed by atoms with E-state index in [0.717, 1.165) is 11.8 Å². The van der Waals surface area contributed by atoms with Crippen LogP contribution in [0.3, 0.4) is 0 Å². The van der Waals surface area contributed by atoms with Gasteiger partial charge in [0.25, 0.3) is 11.2 Å². The first-order valence-electron chi connectivity index (χ1n) is 9.23. The minimum atomic E-state index is -0.560. The predicted octanol–water partition coefficient (Wildman–Crippen LogP) is 2.47. The van der Waals surface area contributed by atoms with E-state index in [1.807, 2.05) is 4.90 Å². The fraction of sp³-hybridized carbons (Fsp3) is 0.250. The minimum absolute atomic E-state index is 0.00237. The van der Waals surface area contributed by atoms with Gasteiger partial charge in [0.15, 0.2) is 5.82 Å². The summed E-state index contributed by atoms with van der Waals surface area (Å²) in [6.07, 6.45) is 2.17. The van der Waals surface area contributed by atoms with Crippen molar-refractivity contribution in [2.24, 2.45) is 7.05 Å². The number of nitro groups is 1. The average Bonchev–Trinajstić information content (AvgIpc) is 2.76. The number of nitrogens with zero attached hydrogens (tertiary/aromatic N) is 5. The lowest BCUT2D eigenvalue weighted by atomic mass is 10.1. The van der Waals surface area contributed by atoms with Crippen LogP contribution in [0.4, 0.5) is 16.0 Å². The smallest absolute Gasteiger partial charge is 0.269 e. The first kappa shape index (κ1) is 19.6. The van der Waals surface area contributed by atoms with Crippen LogP contribution in [0, 0.1) is 15.9 Å². The Hall–Kier alpha value is -3.66. The van der Waals surface area contributed by atoms with Crippen LogP contribution >= 0.6 is 0 Å². The van der Waals surface area contributed by atoms with Crippen molar-refractivity contribution in [1.82, 2.24) is 14.5 Å². The van der Waals surface area contributed by atoms with Gasteiger partial charge in [0.1, 0.15) is 6.10 Å². The van der Waals surface area contributed by atoms with E-state index in [9.17, 15) is 19.3 Å². The molecule has 1 atom stereocenters. The van der Waals surface area contributed by atoms with Crippen molar-refractivity contribution in [2.45, 2.75) is 6.10 Å². The molecule has 4 rings (SSSR count). The molecule has 3 aromatic rings. The molecule has 9 nitrogen and oxygen atoms in total. The Balaban J connectivity index is 1.65. The van der Waals surface area contributed by atoms with E-state index in [4.69, 9.17) is 4.74 Å². The van der Waals surface area contributed by atoms with Crippen LogP contribution in [-0.2, 0) is 11.8 Å². The number of nitro benzene ring substituents is 1. The van der Waals surface area contributed by atoms with Crippen LogP contribution in [0.15, 0.2) is 53.6 Å². The minimum Gasteiger partial charge on any atom is -0.370 e. The summed E-state index contributed by atoms with van der Waals surface area (Å²) in [6, 6.07) is 8.93. The number of non-ortho nitro benzene ring substituents is 1. The van der Waals surface area contributed by atoms with Gasteiger partial charge in [0, 0.05) is 43.6 Å². The summed E-state index contributed by atoms with van der Waals surface area (Å²) in [7, 11) is 1.60. The monoisotopic (exact) mass is 411 g/mol. The zero-order valence-corrected chi connectivity index (χ0v) is 16.1. The summed E-state index contributed by atoms with van der Waals surface area (Å²) < 4.78 is 21.4. The second-order valence-corrected chi connectivity index (χ2v) is 6.85. The van der Waals surface area contributed by atoms with Gasteiger partial charge in [0.2, 0.25) is 5.95 Å². The maximum atomic E-state index is 14.2. The van der Waals surface area contributed by atoms with Gasteiger partial charge in [-0.2, -0.15) is 0 Å². The van der Waals surface area contributed by atoms with E-state index in [0.29, 0.717) is 25.6 Å². The normalized spacial score (nSPS) is 16.5. The number of ether oxygens (including phenoxy) is 1. The highest BCUT2D eigenvalue weighted by molar-refractivity contribution is 5.60. The number of rotatable bonds is 4. The fourth-order valence-electron chi connectivity index (χ4n) is 3.37. The van der Waals surface area contributed by atoms with Gasteiger partial charge in [-0.3, -0.25) is 24.5 Å². The molecule has 0 bridgehead atoms. The Bertz CT molecular complexity index is 1150. The van der Waals surface area contributed by atoms with Crippen LogP contribution in [-0.4, -0.2) is 39.2 Å². The van der Waals surface area contributed by atoms with Gasteiger partial charge >= 0.3 is 0 Å². The highest BCUT2D eigenvalue weighted by atomic mass is 19.1. The molecule has 1 unspecified atom stereocenters. The molecule has 1 saturated heterocycles. The van der Waals surface area contributed by atoms with Crippen molar-refractivity contribution < 1.29 is 14.1 Å². The lowest BCUT2D eigenvalue weighted by molar-refractivity contribution is -0.384. The summed E-state index contributed by atoms with van der Waals surface area (Å²) >= 11 is 0. The summed E-state index contributed by atoms with van der Waals surface area (Å²) in [6.45, 7) is 1.26. The third-order valence-electron chi connectivity index (χ3n) is 4.98. The number of morpholine rings is 1. The molecule has 10 heteroatoms. The van der Waals surface area contributed by atoms with Crippen molar-refractivity contribution in [2.75, 3.05) is 24.6 Å². The third-order valence-corrected chi connectivity index (χ3v) is 4.98. The second kappa shape index (κ2) is 7.99. The number of benzene rings is 1. The molecule has 2 aromatic heterocycles. The number of hydrogen-bond donors (Lipinski definition) is 0. The van der Waals surface area contributed by atoms with Crippen molar-refractivity contribution in [3.63, 3.8) is 0 Å². The standard InChI is InChI=1S/C20H18FN5O4/c1-24-19(27)10-17(15-6-7-22-11-16(15)21)23-20(24)25-8-9-30-18(12-25)13-2-4-14(5-3-13)26(28)29/h2-7,10-11,18H,8-9,12H2,1H3. The van der Waals surface area contributed by atoms with Crippen molar-refractivity contribution in [3.05, 3.63) is 80.6 Å². The molecule has 154 valence electrons. The summed E-state index contributed by atoms with van der Waals surface area (Å²) in [5.74, 6) is -0.168. The molecule has 0 N–H and O–H groups in total. The fourth-order valence-corrected chi connectivity index (χ4v) is 3.37. The largest absolute Gasteiger partial charge is 0.370 e. The van der Waals surface area contributed by atoms with Gasteiger partial charge in [-0.05, 0) is 23.8 Å². The molecule has 0 aliphatic carbocycles. The molecule has 1 fully saturated rings. The Morgan fingerprint density at radius 1 is 1.27 bits per heavy atom. The Kier molecular flexibility index (Phi) is 5.23. The second-order valence-electron chi connectivity index (χ2n) is 6.85. The van der Waals surface area contributed by atoms with Gasteiger partial charge in [-0.1, -0.05) is 0 Å². The highest BCUT2D eigenvalue weighted by Crippen LogP contribution is 2.27. The summed E-state index contributed by atoms with van der Waals surface area (Å²) in [4.78, 5) is 33.1. The van der Waals surface area contributed by atoms with Crippen molar-refractivity contribution in [3.8, 4) is 11.3 Å². The molecule has 3 heterocycles. The van der Waals surface area contributed by atoms with Crippen LogP contribution in [0.5, 0.6) is 0 Å². The van der Waals surface area contributed by atoms with Crippen molar-refractivity contribution >= 4 is 11.6 Å². The zero-order chi connectivity index (χ0) is 21.3. The first-order chi connectivity index (χ1) is 14.4. The van der Waals surface area contributed by atoms with Crippen LogP contribution in [0.25, 0.3) is 11.3 Å². The van der Waals surface area contributed by atoms with Crippen LogP contribution in [0.2, 0.25) is 0 Å². The number of aromatic nitrogens is 3. The quantitative estimate of drug-likeness (QED) is 0.480. The van der Waals surface area contributed by atoms with Crippen molar-refractivity contribution in [1.29, 1.82) is 0 Å². The first-order valence-corrected chi connectivity index (χ1v) is 9.23. The van der Waals surface area contributed by atoms with E-state index in [1.165, 1.54) is 35.0 Å².